The van der Waals surface area contributed by atoms with Gasteiger partial charge in [0.2, 0.25) is 0 Å². The molecular formula is C20H21NO4. The maximum Gasteiger partial charge on any atom is 0.252 e. The summed E-state index contributed by atoms with van der Waals surface area (Å²) in [5, 5.41) is 10.4. The molecule has 0 radical (unpaired) electrons. The first-order valence-corrected chi connectivity index (χ1v) is 8.13. The van der Waals surface area contributed by atoms with Crippen molar-refractivity contribution >= 4 is 11.7 Å². The topological polar surface area (TPSA) is 66.8 Å². The number of rotatable bonds is 4. The van der Waals surface area contributed by atoms with Crippen molar-refractivity contribution in [2.24, 2.45) is 5.92 Å². The number of amides is 1. The van der Waals surface area contributed by atoms with Gasteiger partial charge in [-0.2, -0.15) is 0 Å². The van der Waals surface area contributed by atoms with Crippen LogP contribution in [0.2, 0.25) is 0 Å². The lowest BCUT2D eigenvalue weighted by atomic mass is 9.85. The number of hydrogen-bond acceptors (Lipinski definition) is 4. The Morgan fingerprint density at radius 2 is 1.68 bits per heavy atom. The lowest BCUT2D eigenvalue weighted by Gasteiger charge is -2.25. The number of Topliss-reactive ketones (excluding diaryl/α,β-unsaturated/α-hetero) is 1. The Hall–Kier alpha value is -2.66. The number of carbonyl (C=O) groups is 2. The SMILES string of the molecule is COc1ccc(C2C(C(=O)c3ccc(C)cc3)C(O)C(=O)N2C)cc1. The van der Waals surface area contributed by atoms with Gasteiger partial charge in [-0.15, -0.1) is 0 Å². The highest BCUT2D eigenvalue weighted by molar-refractivity contribution is 6.03. The number of aliphatic hydroxyl groups excluding tert-OH is 1. The number of aliphatic hydroxyl groups is 1. The van der Waals surface area contributed by atoms with Crippen molar-refractivity contribution < 1.29 is 19.4 Å². The molecule has 3 rings (SSSR count). The zero-order valence-corrected chi connectivity index (χ0v) is 14.5. The summed E-state index contributed by atoms with van der Waals surface area (Å²) in [6, 6.07) is 13.9. The van der Waals surface area contributed by atoms with Gasteiger partial charge in [-0.05, 0) is 24.6 Å². The highest BCUT2D eigenvalue weighted by Gasteiger charge is 2.50. The minimum absolute atomic E-state index is 0.231. The van der Waals surface area contributed by atoms with Gasteiger partial charge >= 0.3 is 0 Å². The fourth-order valence-corrected chi connectivity index (χ4v) is 3.34. The minimum Gasteiger partial charge on any atom is -0.497 e. The van der Waals surface area contributed by atoms with Gasteiger partial charge in [0.15, 0.2) is 5.78 Å². The van der Waals surface area contributed by atoms with Crippen LogP contribution in [0.5, 0.6) is 5.75 Å². The number of carbonyl (C=O) groups excluding carboxylic acids is 2. The molecule has 130 valence electrons. The molecule has 2 aromatic rings. The van der Waals surface area contributed by atoms with Crippen molar-refractivity contribution in [3.8, 4) is 5.75 Å². The highest BCUT2D eigenvalue weighted by atomic mass is 16.5. The third-order valence-corrected chi connectivity index (χ3v) is 4.79. The zero-order chi connectivity index (χ0) is 18.1. The Bertz CT molecular complexity index is 782. The molecule has 5 nitrogen and oxygen atoms in total. The van der Waals surface area contributed by atoms with E-state index in [9.17, 15) is 14.7 Å². The van der Waals surface area contributed by atoms with Gasteiger partial charge in [0, 0.05) is 12.6 Å². The van der Waals surface area contributed by atoms with Crippen LogP contribution in [-0.4, -0.2) is 42.0 Å². The predicted molar refractivity (Wildman–Crippen MR) is 93.5 cm³/mol. The fourth-order valence-electron chi connectivity index (χ4n) is 3.34. The summed E-state index contributed by atoms with van der Waals surface area (Å²) in [6.45, 7) is 1.94. The molecule has 0 aliphatic carbocycles. The number of ketones is 1. The summed E-state index contributed by atoms with van der Waals surface area (Å²) in [7, 11) is 3.19. The number of hydrogen-bond donors (Lipinski definition) is 1. The van der Waals surface area contributed by atoms with Gasteiger partial charge in [-0.25, -0.2) is 0 Å². The molecule has 25 heavy (non-hydrogen) atoms. The van der Waals surface area contributed by atoms with E-state index in [-0.39, 0.29) is 5.78 Å². The molecular weight excluding hydrogens is 318 g/mol. The van der Waals surface area contributed by atoms with E-state index in [0.717, 1.165) is 11.1 Å². The normalized spacial score (nSPS) is 23.0. The van der Waals surface area contributed by atoms with Gasteiger partial charge in [0.1, 0.15) is 11.9 Å². The van der Waals surface area contributed by atoms with Crippen LogP contribution in [0.4, 0.5) is 0 Å². The van der Waals surface area contributed by atoms with E-state index in [1.807, 2.05) is 31.2 Å². The Morgan fingerprint density at radius 1 is 1.08 bits per heavy atom. The molecule has 2 aromatic carbocycles. The van der Waals surface area contributed by atoms with E-state index in [1.165, 1.54) is 4.90 Å². The quantitative estimate of drug-likeness (QED) is 0.869. The molecule has 3 atom stereocenters. The predicted octanol–water partition coefficient (Wildman–Crippen LogP) is 2.38. The standard InChI is InChI=1S/C20H21NO4/c1-12-4-6-14(7-5-12)18(22)16-17(21(2)20(24)19(16)23)13-8-10-15(25-3)11-9-13/h4-11,16-17,19,23H,1-3H3. The van der Waals surface area contributed by atoms with Crippen LogP contribution in [0, 0.1) is 12.8 Å². The fraction of sp³-hybridized carbons (Fsp3) is 0.300. The largest absolute Gasteiger partial charge is 0.497 e. The van der Waals surface area contributed by atoms with E-state index in [0.29, 0.717) is 11.3 Å². The Kier molecular flexibility index (Phi) is 4.59. The van der Waals surface area contributed by atoms with Crippen molar-refractivity contribution in [1.82, 2.24) is 4.90 Å². The second kappa shape index (κ2) is 6.69. The molecule has 1 amide bonds. The van der Waals surface area contributed by atoms with Crippen LogP contribution in [-0.2, 0) is 4.79 Å². The van der Waals surface area contributed by atoms with E-state index < -0.39 is 24.0 Å². The summed E-state index contributed by atoms with van der Waals surface area (Å²) in [4.78, 5) is 26.8. The molecule has 0 bridgehead atoms. The zero-order valence-electron chi connectivity index (χ0n) is 14.5. The average Bonchev–Trinajstić information content (AvgIpc) is 2.86. The first kappa shape index (κ1) is 17.2. The van der Waals surface area contributed by atoms with Crippen molar-refractivity contribution in [1.29, 1.82) is 0 Å². The second-order valence-electron chi connectivity index (χ2n) is 6.37. The molecule has 1 aliphatic heterocycles. The number of likely N-dealkylation sites (tertiary alicyclic amines) is 1. The Balaban J connectivity index is 1.99. The maximum absolute atomic E-state index is 13.0. The van der Waals surface area contributed by atoms with Crippen molar-refractivity contribution in [2.45, 2.75) is 19.1 Å². The van der Waals surface area contributed by atoms with Gasteiger partial charge in [0.05, 0.1) is 19.1 Å². The lowest BCUT2D eigenvalue weighted by Crippen LogP contribution is -2.30. The highest BCUT2D eigenvalue weighted by Crippen LogP contribution is 2.39. The lowest BCUT2D eigenvalue weighted by molar-refractivity contribution is -0.134. The number of methoxy groups -OCH3 is 1. The summed E-state index contributed by atoms with van der Waals surface area (Å²) in [5.41, 5.74) is 2.33. The number of likely N-dealkylation sites (N-methyl/N-ethyl adjacent to an activating group) is 1. The molecule has 1 N–H and O–H groups in total. The van der Waals surface area contributed by atoms with E-state index in [1.54, 1.807) is 38.4 Å². The van der Waals surface area contributed by atoms with Crippen LogP contribution < -0.4 is 4.74 Å². The Morgan fingerprint density at radius 3 is 2.24 bits per heavy atom. The Labute approximate surface area is 146 Å². The maximum atomic E-state index is 13.0. The molecule has 3 unspecified atom stereocenters. The number of nitrogens with zero attached hydrogens (tertiary/aromatic N) is 1. The number of ether oxygens (including phenoxy) is 1. The van der Waals surface area contributed by atoms with Gasteiger partial charge < -0.3 is 14.7 Å². The molecule has 1 fully saturated rings. The summed E-state index contributed by atoms with van der Waals surface area (Å²) < 4.78 is 5.16. The second-order valence-corrected chi connectivity index (χ2v) is 6.37. The number of benzene rings is 2. The molecule has 1 saturated heterocycles. The molecule has 5 heteroatoms. The molecule has 0 spiro atoms. The van der Waals surface area contributed by atoms with Gasteiger partial charge in [-0.1, -0.05) is 42.0 Å². The van der Waals surface area contributed by atoms with Gasteiger partial charge in [-0.3, -0.25) is 9.59 Å². The van der Waals surface area contributed by atoms with Crippen molar-refractivity contribution in [2.75, 3.05) is 14.2 Å². The van der Waals surface area contributed by atoms with Crippen LogP contribution in [0.25, 0.3) is 0 Å². The van der Waals surface area contributed by atoms with E-state index in [2.05, 4.69) is 0 Å². The van der Waals surface area contributed by atoms with E-state index in [4.69, 9.17) is 4.74 Å². The number of aryl methyl sites for hydroxylation is 1. The summed E-state index contributed by atoms with van der Waals surface area (Å²) in [5.74, 6) is -0.816. The van der Waals surface area contributed by atoms with Crippen molar-refractivity contribution in [3.63, 3.8) is 0 Å². The molecule has 0 saturated carbocycles. The smallest absolute Gasteiger partial charge is 0.252 e. The third-order valence-electron chi connectivity index (χ3n) is 4.79. The third kappa shape index (κ3) is 3.03. The molecule has 1 heterocycles. The average molecular weight is 339 g/mol. The van der Waals surface area contributed by atoms with Crippen LogP contribution >= 0.6 is 0 Å². The van der Waals surface area contributed by atoms with Gasteiger partial charge in [0.25, 0.3) is 5.91 Å². The molecule has 0 aromatic heterocycles. The first-order chi connectivity index (χ1) is 11.9. The van der Waals surface area contributed by atoms with Crippen LogP contribution in [0.1, 0.15) is 27.5 Å². The first-order valence-electron chi connectivity index (χ1n) is 8.13. The minimum atomic E-state index is -1.34. The van der Waals surface area contributed by atoms with E-state index >= 15 is 0 Å². The van der Waals surface area contributed by atoms with Crippen LogP contribution in [0.15, 0.2) is 48.5 Å². The van der Waals surface area contributed by atoms with Crippen molar-refractivity contribution in [3.05, 3.63) is 65.2 Å². The summed E-state index contributed by atoms with van der Waals surface area (Å²) in [6.07, 6.45) is -1.34. The van der Waals surface area contributed by atoms with Crippen LogP contribution in [0.3, 0.4) is 0 Å². The monoisotopic (exact) mass is 339 g/mol. The summed E-state index contributed by atoms with van der Waals surface area (Å²) >= 11 is 0. The molecule has 1 aliphatic rings.